The van der Waals surface area contributed by atoms with Gasteiger partial charge in [-0.15, -0.1) is 0 Å². The van der Waals surface area contributed by atoms with E-state index in [1.807, 2.05) is 6.92 Å². The third kappa shape index (κ3) is 5.77. The van der Waals surface area contributed by atoms with Crippen LogP contribution in [0.2, 0.25) is 0 Å². The van der Waals surface area contributed by atoms with E-state index >= 15 is 0 Å². The first kappa shape index (κ1) is 23.6. The van der Waals surface area contributed by atoms with E-state index in [-0.39, 0.29) is 4.90 Å². The summed E-state index contributed by atoms with van der Waals surface area (Å²) >= 11 is 0. The minimum atomic E-state index is -3.94. The lowest BCUT2D eigenvalue weighted by molar-refractivity contribution is -0.153. The van der Waals surface area contributed by atoms with Gasteiger partial charge < -0.3 is 15.7 Å². The van der Waals surface area contributed by atoms with Crippen LogP contribution in [0.5, 0.6) is 0 Å². The Kier molecular flexibility index (Phi) is 8.13. The number of hydrogen-bond acceptors (Lipinski definition) is 5. The third-order valence-electron chi connectivity index (χ3n) is 4.46. The van der Waals surface area contributed by atoms with Crippen LogP contribution >= 0.6 is 0 Å². The van der Waals surface area contributed by atoms with Crippen molar-refractivity contribution in [1.29, 1.82) is 0 Å². The van der Waals surface area contributed by atoms with Gasteiger partial charge in [-0.25, -0.2) is 13.2 Å². The molecule has 28 heavy (non-hydrogen) atoms. The van der Waals surface area contributed by atoms with Crippen molar-refractivity contribution in [3.63, 3.8) is 0 Å². The fourth-order valence-corrected chi connectivity index (χ4v) is 3.79. The highest BCUT2D eigenvalue weighted by atomic mass is 32.2. The van der Waals surface area contributed by atoms with Gasteiger partial charge in [0.1, 0.15) is 6.04 Å². The largest absolute Gasteiger partial charge is 0.480 e. The predicted octanol–water partition coefficient (Wildman–Crippen LogP) is 0.571. The summed E-state index contributed by atoms with van der Waals surface area (Å²) in [6.07, 6.45) is -0.136. The van der Waals surface area contributed by atoms with Gasteiger partial charge in [-0.3, -0.25) is 9.59 Å². The van der Waals surface area contributed by atoms with Gasteiger partial charge in [0.05, 0.1) is 17.9 Å². The molecule has 3 N–H and O–H groups in total. The van der Waals surface area contributed by atoms with Crippen LogP contribution in [0.1, 0.15) is 32.3 Å². The second kappa shape index (κ2) is 9.65. The van der Waals surface area contributed by atoms with Crippen molar-refractivity contribution < 1.29 is 27.9 Å². The SMILES string of the molecule is CCC(C)N(C(=O)CN(C)S(=O)(=O)c1ccc(C)cc1)[C@@H](CC(N)=O)C(=O)O. The molecular formula is C18H27N3O6S. The number of carbonyl (C=O) groups excluding carboxylic acids is 2. The Labute approximate surface area is 165 Å². The van der Waals surface area contributed by atoms with Crippen molar-refractivity contribution in [2.45, 2.75) is 50.6 Å². The number of likely N-dealkylation sites (N-methyl/N-ethyl adjacent to an activating group) is 1. The summed E-state index contributed by atoms with van der Waals surface area (Å²) in [5.41, 5.74) is 6.01. The number of sulfonamides is 1. The smallest absolute Gasteiger partial charge is 0.326 e. The third-order valence-corrected chi connectivity index (χ3v) is 6.27. The zero-order valence-corrected chi connectivity index (χ0v) is 17.3. The standard InChI is InChI=1S/C18H27N3O6S/c1-5-13(3)21(15(18(24)25)10-16(19)22)17(23)11-20(4)28(26,27)14-8-6-12(2)7-9-14/h6-9,13,15H,5,10-11H2,1-4H3,(H2,19,22)(H,24,25)/t13?,15-/m0/s1. The number of aryl methyl sites for hydroxylation is 1. The van der Waals surface area contributed by atoms with Crippen LogP contribution in [0.4, 0.5) is 0 Å². The van der Waals surface area contributed by atoms with Crippen molar-refractivity contribution in [3.05, 3.63) is 29.8 Å². The van der Waals surface area contributed by atoms with Gasteiger partial charge in [0.2, 0.25) is 21.8 Å². The molecule has 0 aliphatic heterocycles. The molecule has 0 aliphatic carbocycles. The average molecular weight is 413 g/mol. The van der Waals surface area contributed by atoms with Crippen LogP contribution in [-0.4, -0.2) is 66.2 Å². The lowest BCUT2D eigenvalue weighted by Crippen LogP contribution is -2.54. The molecule has 0 bridgehead atoms. The van der Waals surface area contributed by atoms with E-state index in [9.17, 15) is 27.9 Å². The number of carboxylic acid groups (broad SMARTS) is 1. The number of nitrogens with two attached hydrogens (primary N) is 1. The first-order chi connectivity index (χ1) is 12.9. The first-order valence-corrected chi connectivity index (χ1v) is 10.2. The Bertz CT molecular complexity index is 822. The van der Waals surface area contributed by atoms with E-state index in [2.05, 4.69) is 0 Å². The summed E-state index contributed by atoms with van der Waals surface area (Å²) in [5.74, 6) is -2.97. The van der Waals surface area contributed by atoms with Gasteiger partial charge in [-0.05, 0) is 32.4 Å². The molecule has 2 atom stereocenters. The molecule has 0 saturated carbocycles. The second-order valence-corrected chi connectivity index (χ2v) is 8.70. The lowest BCUT2D eigenvalue weighted by Gasteiger charge is -2.34. The van der Waals surface area contributed by atoms with Crippen LogP contribution in [0.3, 0.4) is 0 Å². The molecule has 0 spiro atoms. The first-order valence-electron chi connectivity index (χ1n) is 8.77. The fourth-order valence-electron chi connectivity index (χ4n) is 2.67. The maximum Gasteiger partial charge on any atom is 0.326 e. The molecule has 0 saturated heterocycles. The number of nitrogens with zero attached hydrogens (tertiary/aromatic N) is 2. The monoisotopic (exact) mass is 413 g/mol. The molecule has 0 heterocycles. The van der Waals surface area contributed by atoms with Crippen LogP contribution in [0, 0.1) is 6.92 Å². The van der Waals surface area contributed by atoms with Crippen molar-refractivity contribution in [2.75, 3.05) is 13.6 Å². The average Bonchev–Trinajstić information content (AvgIpc) is 2.60. The number of primary amides is 1. The van der Waals surface area contributed by atoms with E-state index < -0.39 is 52.9 Å². The number of rotatable bonds is 10. The second-order valence-electron chi connectivity index (χ2n) is 6.66. The molecular weight excluding hydrogens is 386 g/mol. The van der Waals surface area contributed by atoms with Gasteiger partial charge in [0.15, 0.2) is 0 Å². The Balaban J connectivity index is 3.14. The molecule has 1 rings (SSSR count). The topological polar surface area (TPSA) is 138 Å². The Morgan fingerprint density at radius 1 is 1.18 bits per heavy atom. The van der Waals surface area contributed by atoms with Gasteiger partial charge in [-0.1, -0.05) is 24.6 Å². The summed E-state index contributed by atoms with van der Waals surface area (Å²) in [6, 6.07) is 4.16. The lowest BCUT2D eigenvalue weighted by atomic mass is 10.1. The molecule has 0 aliphatic rings. The Morgan fingerprint density at radius 3 is 2.14 bits per heavy atom. The highest BCUT2D eigenvalue weighted by Crippen LogP contribution is 2.18. The maximum absolute atomic E-state index is 12.8. The zero-order chi connectivity index (χ0) is 21.6. The highest BCUT2D eigenvalue weighted by Gasteiger charge is 2.35. The molecule has 1 unspecified atom stereocenters. The summed E-state index contributed by atoms with van der Waals surface area (Å²) in [5, 5.41) is 9.45. The number of amides is 2. The molecule has 1 aromatic carbocycles. The number of carbonyl (C=O) groups is 3. The molecule has 9 nitrogen and oxygen atoms in total. The summed E-state index contributed by atoms with van der Waals surface area (Å²) in [6.45, 7) is 4.63. The van der Waals surface area contributed by atoms with Crippen LogP contribution < -0.4 is 5.73 Å². The molecule has 0 aromatic heterocycles. The van der Waals surface area contributed by atoms with Crippen molar-refractivity contribution in [1.82, 2.24) is 9.21 Å². The van der Waals surface area contributed by atoms with Gasteiger partial charge >= 0.3 is 5.97 Å². The van der Waals surface area contributed by atoms with E-state index in [0.717, 1.165) is 14.8 Å². The Morgan fingerprint density at radius 2 is 1.71 bits per heavy atom. The maximum atomic E-state index is 12.8. The Hall–Kier alpha value is -2.46. The normalized spacial score (nSPS) is 13.8. The molecule has 0 fully saturated rings. The summed E-state index contributed by atoms with van der Waals surface area (Å²) in [4.78, 5) is 36.7. The molecule has 0 radical (unpaired) electrons. The predicted molar refractivity (Wildman–Crippen MR) is 103 cm³/mol. The van der Waals surface area contributed by atoms with Gasteiger partial charge in [0, 0.05) is 13.1 Å². The van der Waals surface area contributed by atoms with Crippen molar-refractivity contribution >= 4 is 27.8 Å². The zero-order valence-electron chi connectivity index (χ0n) is 16.5. The highest BCUT2D eigenvalue weighted by molar-refractivity contribution is 7.89. The summed E-state index contributed by atoms with van der Waals surface area (Å²) in [7, 11) is -2.70. The summed E-state index contributed by atoms with van der Waals surface area (Å²) < 4.78 is 26.2. The molecule has 1 aromatic rings. The number of aliphatic carboxylic acids is 1. The van der Waals surface area contributed by atoms with Crippen LogP contribution in [0.25, 0.3) is 0 Å². The van der Waals surface area contributed by atoms with Crippen LogP contribution in [0.15, 0.2) is 29.2 Å². The van der Waals surface area contributed by atoms with Crippen LogP contribution in [-0.2, 0) is 24.4 Å². The van der Waals surface area contributed by atoms with Gasteiger partial charge in [-0.2, -0.15) is 4.31 Å². The number of benzene rings is 1. The van der Waals surface area contributed by atoms with Crippen molar-refractivity contribution in [2.24, 2.45) is 5.73 Å². The quantitative estimate of drug-likeness (QED) is 0.575. The minimum Gasteiger partial charge on any atom is -0.480 e. The minimum absolute atomic E-state index is 0.0235. The molecule has 10 heteroatoms. The van der Waals surface area contributed by atoms with Gasteiger partial charge in [0.25, 0.3) is 0 Å². The van der Waals surface area contributed by atoms with E-state index in [1.54, 1.807) is 26.0 Å². The molecule has 156 valence electrons. The number of hydrogen-bond donors (Lipinski definition) is 2. The van der Waals surface area contributed by atoms with E-state index in [1.165, 1.54) is 19.2 Å². The fraction of sp³-hybridized carbons (Fsp3) is 0.500. The number of carboxylic acids is 1. The van der Waals surface area contributed by atoms with Crippen molar-refractivity contribution in [3.8, 4) is 0 Å². The molecule has 2 amide bonds. The van der Waals surface area contributed by atoms with E-state index in [0.29, 0.717) is 6.42 Å². The van der Waals surface area contributed by atoms with E-state index in [4.69, 9.17) is 5.73 Å².